The molecule has 7 heteroatoms. The SMILES string of the molecule is Cn1cc(Br)c(C(=O)NN=Cc2ccc(O)cc2)n1. The number of carbonyl (C=O) groups is 1. The molecule has 2 rings (SSSR count). The lowest BCUT2D eigenvalue weighted by molar-refractivity contribution is 0.0948. The molecular formula is C12H11BrN4O2. The molecule has 0 unspecified atom stereocenters. The fourth-order valence-electron chi connectivity index (χ4n) is 1.39. The number of phenolic OH excluding ortho intramolecular Hbond substituents is 1. The maximum Gasteiger partial charge on any atom is 0.293 e. The number of carbonyl (C=O) groups excluding carboxylic acids is 1. The number of halogens is 1. The van der Waals surface area contributed by atoms with E-state index in [0.29, 0.717) is 4.47 Å². The Hall–Kier alpha value is -2.15. The first-order valence-corrected chi connectivity index (χ1v) is 6.17. The molecule has 0 saturated heterocycles. The van der Waals surface area contributed by atoms with Gasteiger partial charge in [-0.2, -0.15) is 10.2 Å². The van der Waals surface area contributed by atoms with Crippen LogP contribution in [0.3, 0.4) is 0 Å². The van der Waals surface area contributed by atoms with Gasteiger partial charge < -0.3 is 5.11 Å². The highest BCUT2D eigenvalue weighted by Gasteiger charge is 2.13. The first-order chi connectivity index (χ1) is 9.06. The summed E-state index contributed by atoms with van der Waals surface area (Å²) in [6, 6.07) is 6.44. The van der Waals surface area contributed by atoms with E-state index in [2.05, 4.69) is 31.6 Å². The van der Waals surface area contributed by atoms with Crippen molar-refractivity contribution >= 4 is 28.1 Å². The lowest BCUT2D eigenvalue weighted by atomic mass is 10.2. The van der Waals surface area contributed by atoms with Crippen molar-refractivity contribution in [2.24, 2.45) is 12.1 Å². The van der Waals surface area contributed by atoms with E-state index in [-0.39, 0.29) is 11.4 Å². The van der Waals surface area contributed by atoms with Crippen LogP contribution < -0.4 is 5.43 Å². The van der Waals surface area contributed by atoms with E-state index in [4.69, 9.17) is 5.11 Å². The molecule has 0 aliphatic carbocycles. The highest BCUT2D eigenvalue weighted by molar-refractivity contribution is 9.10. The highest BCUT2D eigenvalue weighted by atomic mass is 79.9. The number of phenols is 1. The fourth-order valence-corrected chi connectivity index (χ4v) is 1.95. The van der Waals surface area contributed by atoms with Crippen molar-refractivity contribution in [1.82, 2.24) is 15.2 Å². The molecule has 1 heterocycles. The molecule has 0 bridgehead atoms. The zero-order valence-corrected chi connectivity index (χ0v) is 11.6. The summed E-state index contributed by atoms with van der Waals surface area (Å²) in [4.78, 5) is 11.8. The van der Waals surface area contributed by atoms with E-state index in [9.17, 15) is 4.79 Å². The van der Waals surface area contributed by atoms with Crippen molar-refractivity contribution in [3.63, 3.8) is 0 Å². The van der Waals surface area contributed by atoms with Gasteiger partial charge in [-0.25, -0.2) is 5.43 Å². The van der Waals surface area contributed by atoms with Gasteiger partial charge in [-0.15, -0.1) is 0 Å². The van der Waals surface area contributed by atoms with Gasteiger partial charge in [0, 0.05) is 13.2 Å². The Morgan fingerprint density at radius 3 is 2.74 bits per heavy atom. The number of aromatic nitrogens is 2. The smallest absolute Gasteiger partial charge is 0.293 e. The monoisotopic (exact) mass is 322 g/mol. The van der Waals surface area contributed by atoms with Crippen LogP contribution in [0.25, 0.3) is 0 Å². The summed E-state index contributed by atoms with van der Waals surface area (Å²) in [5.41, 5.74) is 3.41. The van der Waals surface area contributed by atoms with E-state index < -0.39 is 5.91 Å². The minimum Gasteiger partial charge on any atom is -0.508 e. The fraction of sp³-hybridized carbons (Fsp3) is 0.0833. The van der Waals surface area contributed by atoms with Gasteiger partial charge in [0.25, 0.3) is 5.91 Å². The van der Waals surface area contributed by atoms with Crippen molar-refractivity contribution in [2.75, 3.05) is 0 Å². The topological polar surface area (TPSA) is 79.5 Å². The summed E-state index contributed by atoms with van der Waals surface area (Å²) >= 11 is 3.24. The van der Waals surface area contributed by atoms with Crippen LogP contribution in [0.1, 0.15) is 16.1 Å². The average Bonchev–Trinajstić information content (AvgIpc) is 2.71. The Morgan fingerprint density at radius 1 is 1.47 bits per heavy atom. The Bertz CT molecular complexity index is 619. The number of aromatic hydroxyl groups is 1. The molecule has 0 spiro atoms. The van der Waals surface area contributed by atoms with E-state index >= 15 is 0 Å². The molecule has 0 atom stereocenters. The average molecular weight is 323 g/mol. The number of rotatable bonds is 3. The maximum atomic E-state index is 11.8. The van der Waals surface area contributed by atoms with E-state index in [0.717, 1.165) is 5.56 Å². The minimum atomic E-state index is -0.400. The van der Waals surface area contributed by atoms with Crippen LogP contribution in [0.2, 0.25) is 0 Å². The molecule has 19 heavy (non-hydrogen) atoms. The normalized spacial score (nSPS) is 10.8. The zero-order valence-electron chi connectivity index (χ0n) is 10.0. The molecule has 0 aliphatic heterocycles. The van der Waals surface area contributed by atoms with Gasteiger partial charge in [-0.05, 0) is 45.8 Å². The Labute approximate surface area is 117 Å². The van der Waals surface area contributed by atoms with Crippen molar-refractivity contribution < 1.29 is 9.90 Å². The number of benzene rings is 1. The van der Waals surface area contributed by atoms with Crippen LogP contribution >= 0.6 is 15.9 Å². The van der Waals surface area contributed by atoms with Crippen molar-refractivity contribution in [1.29, 1.82) is 0 Å². The summed E-state index contributed by atoms with van der Waals surface area (Å²) in [6.07, 6.45) is 3.16. The van der Waals surface area contributed by atoms with Gasteiger partial charge in [-0.1, -0.05) is 0 Å². The highest BCUT2D eigenvalue weighted by Crippen LogP contribution is 2.13. The largest absolute Gasteiger partial charge is 0.508 e. The third-order valence-corrected chi connectivity index (χ3v) is 2.85. The van der Waals surface area contributed by atoms with Gasteiger partial charge in [-0.3, -0.25) is 9.48 Å². The molecule has 98 valence electrons. The molecule has 1 aromatic heterocycles. The molecule has 0 aliphatic rings. The lowest BCUT2D eigenvalue weighted by Crippen LogP contribution is -2.18. The lowest BCUT2D eigenvalue weighted by Gasteiger charge is -1.97. The third-order valence-electron chi connectivity index (χ3n) is 2.27. The van der Waals surface area contributed by atoms with Crippen LogP contribution in [0.15, 0.2) is 40.0 Å². The zero-order chi connectivity index (χ0) is 13.8. The quantitative estimate of drug-likeness (QED) is 0.666. The number of amides is 1. The van der Waals surface area contributed by atoms with Crippen LogP contribution in [-0.4, -0.2) is 27.0 Å². The van der Waals surface area contributed by atoms with Crippen molar-refractivity contribution in [3.05, 3.63) is 46.2 Å². The van der Waals surface area contributed by atoms with Gasteiger partial charge >= 0.3 is 0 Å². The van der Waals surface area contributed by atoms with Crippen molar-refractivity contribution in [3.8, 4) is 5.75 Å². The predicted octanol–water partition coefficient (Wildman–Crippen LogP) is 1.65. The molecule has 0 saturated carbocycles. The molecular weight excluding hydrogens is 312 g/mol. The first kappa shape index (κ1) is 13.3. The molecule has 1 aromatic carbocycles. The van der Waals surface area contributed by atoms with Crippen molar-refractivity contribution in [2.45, 2.75) is 0 Å². The van der Waals surface area contributed by atoms with Crippen LogP contribution in [-0.2, 0) is 7.05 Å². The number of hydrazone groups is 1. The van der Waals surface area contributed by atoms with Crippen LogP contribution in [0.5, 0.6) is 5.75 Å². The number of nitrogens with zero attached hydrogens (tertiary/aromatic N) is 3. The second-order valence-corrected chi connectivity index (χ2v) is 4.64. The van der Waals surface area contributed by atoms with Gasteiger partial charge in [0.05, 0.1) is 10.7 Å². The van der Waals surface area contributed by atoms with E-state index in [1.165, 1.54) is 10.9 Å². The summed E-state index contributed by atoms with van der Waals surface area (Å²) < 4.78 is 2.13. The number of hydrogen-bond acceptors (Lipinski definition) is 4. The molecule has 6 nitrogen and oxygen atoms in total. The summed E-state index contributed by atoms with van der Waals surface area (Å²) in [5.74, 6) is -0.221. The molecule has 2 N–H and O–H groups in total. The Balaban J connectivity index is 2.00. The van der Waals surface area contributed by atoms with Gasteiger partial charge in [0.15, 0.2) is 5.69 Å². The Kier molecular flexibility index (Phi) is 3.96. The summed E-state index contributed by atoms with van der Waals surface area (Å²) in [5, 5.41) is 16.9. The summed E-state index contributed by atoms with van der Waals surface area (Å²) in [7, 11) is 1.72. The molecule has 0 fully saturated rings. The molecule has 2 aromatic rings. The van der Waals surface area contributed by atoms with E-state index in [1.54, 1.807) is 37.5 Å². The number of hydrogen-bond donors (Lipinski definition) is 2. The van der Waals surface area contributed by atoms with Gasteiger partial charge in [0.1, 0.15) is 5.75 Å². The van der Waals surface area contributed by atoms with Crippen LogP contribution in [0.4, 0.5) is 0 Å². The second kappa shape index (κ2) is 5.66. The van der Waals surface area contributed by atoms with E-state index in [1.807, 2.05) is 0 Å². The Morgan fingerprint density at radius 2 is 2.16 bits per heavy atom. The third kappa shape index (κ3) is 3.41. The molecule has 0 radical (unpaired) electrons. The second-order valence-electron chi connectivity index (χ2n) is 3.79. The predicted molar refractivity (Wildman–Crippen MR) is 74.1 cm³/mol. The van der Waals surface area contributed by atoms with Crippen LogP contribution in [0, 0.1) is 0 Å². The first-order valence-electron chi connectivity index (χ1n) is 5.38. The van der Waals surface area contributed by atoms with Gasteiger partial charge in [0.2, 0.25) is 0 Å². The molecule has 1 amide bonds. The summed E-state index contributed by atoms with van der Waals surface area (Å²) in [6.45, 7) is 0. The number of nitrogens with one attached hydrogen (secondary N) is 1. The maximum absolute atomic E-state index is 11.8. The standard InChI is InChI=1S/C12H11BrN4O2/c1-17-7-10(13)11(16-17)12(19)15-14-6-8-2-4-9(18)5-3-8/h2-7,18H,1H3,(H,15,19). The minimum absolute atomic E-state index is 0.179. The number of aryl methyl sites for hydroxylation is 1.